The van der Waals surface area contributed by atoms with Gasteiger partial charge in [0.15, 0.2) is 5.78 Å². The number of dihydropyridines is 1. The first-order valence-electron chi connectivity index (χ1n) is 12.9. The van der Waals surface area contributed by atoms with Crippen LogP contribution in [0.4, 0.5) is 0 Å². The van der Waals surface area contributed by atoms with Crippen LogP contribution in [-0.2, 0) is 14.3 Å². The van der Waals surface area contributed by atoms with E-state index in [-0.39, 0.29) is 24.9 Å². The van der Waals surface area contributed by atoms with Gasteiger partial charge in [0.05, 0.1) is 12.7 Å². The Morgan fingerprint density at radius 1 is 0.897 bits per heavy atom. The largest absolute Gasteiger partial charge is 0.497 e. The molecule has 0 spiro atoms. The summed E-state index contributed by atoms with van der Waals surface area (Å²) in [6, 6.07) is 24.5. The van der Waals surface area contributed by atoms with Crippen LogP contribution in [0.1, 0.15) is 42.7 Å². The number of ketones is 1. The lowest BCUT2D eigenvalue weighted by atomic mass is 9.72. The van der Waals surface area contributed by atoms with Crippen LogP contribution >= 0.6 is 11.6 Å². The molecule has 2 aliphatic rings. The summed E-state index contributed by atoms with van der Waals surface area (Å²) < 4.78 is 16.6. The van der Waals surface area contributed by atoms with Gasteiger partial charge in [-0.3, -0.25) is 4.79 Å². The number of ether oxygens (including phenoxy) is 3. The van der Waals surface area contributed by atoms with Gasteiger partial charge in [-0.25, -0.2) is 4.79 Å². The number of allylic oxidation sites excluding steroid dienone is 3. The van der Waals surface area contributed by atoms with Crippen LogP contribution < -0.4 is 14.8 Å². The number of hydrogen-bond acceptors (Lipinski definition) is 6. The van der Waals surface area contributed by atoms with Gasteiger partial charge >= 0.3 is 5.97 Å². The Kier molecular flexibility index (Phi) is 8.03. The van der Waals surface area contributed by atoms with Gasteiger partial charge in [0.2, 0.25) is 0 Å². The van der Waals surface area contributed by atoms with Crippen LogP contribution in [0.2, 0.25) is 5.02 Å². The summed E-state index contributed by atoms with van der Waals surface area (Å²) in [7, 11) is 1.63. The van der Waals surface area contributed by atoms with E-state index in [1.54, 1.807) is 19.2 Å². The highest BCUT2D eigenvalue weighted by molar-refractivity contribution is 6.30. The molecule has 0 bridgehead atoms. The first-order chi connectivity index (χ1) is 18.9. The number of rotatable bonds is 8. The Hall–Kier alpha value is -4.03. The minimum absolute atomic E-state index is 0.00901. The molecule has 0 saturated carbocycles. The predicted octanol–water partition coefficient (Wildman–Crippen LogP) is 6.33. The van der Waals surface area contributed by atoms with E-state index in [2.05, 4.69) is 5.32 Å². The van der Waals surface area contributed by atoms with E-state index in [4.69, 9.17) is 25.8 Å². The first kappa shape index (κ1) is 26.6. The van der Waals surface area contributed by atoms with Crippen LogP contribution in [0.5, 0.6) is 11.5 Å². The number of para-hydroxylation sites is 1. The van der Waals surface area contributed by atoms with Crippen LogP contribution in [0.3, 0.4) is 0 Å². The average Bonchev–Trinajstić information content (AvgIpc) is 2.95. The maximum atomic E-state index is 13.7. The molecule has 0 unspecified atom stereocenters. The molecule has 3 aromatic rings. The maximum Gasteiger partial charge on any atom is 0.336 e. The van der Waals surface area contributed by atoms with Crippen molar-refractivity contribution in [3.63, 3.8) is 0 Å². The third kappa shape index (κ3) is 5.86. The van der Waals surface area contributed by atoms with Gasteiger partial charge in [-0.1, -0.05) is 54.1 Å². The molecule has 6 nitrogen and oxygen atoms in total. The molecule has 0 fully saturated rings. The van der Waals surface area contributed by atoms with E-state index < -0.39 is 11.9 Å². The molecular formula is C32H30ClNO5. The summed E-state index contributed by atoms with van der Waals surface area (Å²) in [6.45, 7) is 2.15. The topological polar surface area (TPSA) is 73.9 Å². The number of methoxy groups -OCH3 is 1. The van der Waals surface area contributed by atoms with Crippen LogP contribution in [0.15, 0.2) is 101 Å². The summed E-state index contributed by atoms with van der Waals surface area (Å²) in [5.41, 5.74) is 4.44. The molecule has 1 aliphatic heterocycles. The number of Topliss-reactive ketones (excluding diaryl/α,β-unsaturated/α-hetero) is 1. The number of benzene rings is 3. The van der Waals surface area contributed by atoms with E-state index >= 15 is 0 Å². The molecule has 0 saturated heterocycles. The van der Waals surface area contributed by atoms with E-state index in [0.717, 1.165) is 22.6 Å². The zero-order valence-electron chi connectivity index (χ0n) is 21.9. The van der Waals surface area contributed by atoms with Gasteiger partial charge in [-0.05, 0) is 66.8 Å². The molecule has 200 valence electrons. The van der Waals surface area contributed by atoms with Gasteiger partial charge in [-0.15, -0.1) is 0 Å². The molecule has 1 aliphatic carbocycles. The molecule has 0 radical (unpaired) electrons. The third-order valence-corrected chi connectivity index (χ3v) is 7.42. The predicted molar refractivity (Wildman–Crippen MR) is 150 cm³/mol. The van der Waals surface area contributed by atoms with Gasteiger partial charge in [0.25, 0.3) is 0 Å². The monoisotopic (exact) mass is 543 g/mol. The van der Waals surface area contributed by atoms with Crippen molar-refractivity contribution in [2.24, 2.45) is 0 Å². The summed E-state index contributed by atoms with van der Waals surface area (Å²) in [6.07, 6.45) is 1.01. The van der Waals surface area contributed by atoms with E-state index in [1.807, 2.05) is 73.7 Å². The Morgan fingerprint density at radius 2 is 1.59 bits per heavy atom. The lowest BCUT2D eigenvalue weighted by Gasteiger charge is -2.36. The Morgan fingerprint density at radius 3 is 2.28 bits per heavy atom. The number of halogens is 1. The van der Waals surface area contributed by atoms with E-state index in [9.17, 15) is 9.59 Å². The summed E-state index contributed by atoms with van der Waals surface area (Å²) in [4.78, 5) is 27.2. The number of carbonyl (C=O) groups excluding carboxylic acids is 2. The second kappa shape index (κ2) is 11.8. The van der Waals surface area contributed by atoms with Crippen molar-refractivity contribution >= 4 is 23.4 Å². The smallest absolute Gasteiger partial charge is 0.336 e. The molecule has 7 heteroatoms. The second-order valence-corrected chi connectivity index (χ2v) is 10.1. The van der Waals surface area contributed by atoms with E-state index in [1.165, 1.54) is 0 Å². The molecule has 0 amide bonds. The summed E-state index contributed by atoms with van der Waals surface area (Å²) in [5, 5.41) is 3.97. The standard InChI is InChI=1S/C32H30ClNO5/c1-20-29(32(36)39-17-16-38-26-6-4-3-5-7-26)30(22-8-12-24(33)13-9-22)31-27(34-20)18-23(19-28(31)35)21-10-14-25(37-2)15-11-21/h3-15,23,30,34H,16-19H2,1-2H3/t23-,30+/m0/s1. The van der Waals surface area contributed by atoms with Crippen LogP contribution in [0, 0.1) is 0 Å². The summed E-state index contributed by atoms with van der Waals surface area (Å²) in [5.74, 6) is 0.483. The fraction of sp³-hybridized carbons (Fsp3) is 0.250. The molecule has 5 rings (SSSR count). The van der Waals surface area contributed by atoms with Gasteiger partial charge in [-0.2, -0.15) is 0 Å². The van der Waals surface area contributed by atoms with Crippen molar-refractivity contribution in [2.75, 3.05) is 20.3 Å². The van der Waals surface area contributed by atoms with Gasteiger partial charge in [0.1, 0.15) is 24.7 Å². The van der Waals surface area contributed by atoms with E-state index in [0.29, 0.717) is 40.5 Å². The second-order valence-electron chi connectivity index (χ2n) is 9.64. The van der Waals surface area contributed by atoms with Crippen LogP contribution in [-0.4, -0.2) is 32.1 Å². The van der Waals surface area contributed by atoms with Crippen molar-refractivity contribution in [2.45, 2.75) is 31.6 Å². The highest BCUT2D eigenvalue weighted by Crippen LogP contribution is 2.46. The van der Waals surface area contributed by atoms with Gasteiger partial charge in [0, 0.05) is 34.3 Å². The molecular weight excluding hydrogens is 514 g/mol. The minimum Gasteiger partial charge on any atom is -0.497 e. The lowest BCUT2D eigenvalue weighted by Crippen LogP contribution is -2.36. The molecule has 2 atom stereocenters. The number of esters is 1. The highest BCUT2D eigenvalue weighted by atomic mass is 35.5. The molecule has 0 aromatic heterocycles. The number of carbonyl (C=O) groups is 2. The Labute approximate surface area is 233 Å². The van der Waals surface area contributed by atoms with Crippen molar-refractivity contribution in [1.29, 1.82) is 0 Å². The quantitative estimate of drug-likeness (QED) is 0.264. The van der Waals surface area contributed by atoms with Crippen molar-refractivity contribution in [1.82, 2.24) is 5.32 Å². The molecule has 39 heavy (non-hydrogen) atoms. The SMILES string of the molecule is COc1ccc([C@@H]2CC(=O)C3=C(C2)NC(C)=C(C(=O)OCCOc2ccccc2)[C@H]3c2ccc(Cl)cc2)cc1. The lowest BCUT2D eigenvalue weighted by molar-refractivity contribution is -0.140. The zero-order valence-corrected chi connectivity index (χ0v) is 22.7. The zero-order chi connectivity index (χ0) is 27.4. The number of nitrogens with one attached hydrogen (secondary N) is 1. The van der Waals surface area contributed by atoms with Gasteiger partial charge < -0.3 is 19.5 Å². The molecule has 1 heterocycles. The minimum atomic E-state index is -0.551. The molecule has 1 N–H and O–H groups in total. The van der Waals surface area contributed by atoms with Crippen molar-refractivity contribution in [3.8, 4) is 11.5 Å². The normalized spacial score (nSPS) is 18.8. The van der Waals surface area contributed by atoms with Crippen molar-refractivity contribution < 1.29 is 23.8 Å². The average molecular weight is 544 g/mol. The number of hydrogen-bond donors (Lipinski definition) is 1. The fourth-order valence-electron chi connectivity index (χ4n) is 5.30. The van der Waals surface area contributed by atoms with Crippen LogP contribution in [0.25, 0.3) is 0 Å². The Bertz CT molecular complexity index is 1410. The van der Waals surface area contributed by atoms with Crippen molar-refractivity contribution in [3.05, 3.63) is 118 Å². The first-order valence-corrected chi connectivity index (χ1v) is 13.3. The third-order valence-electron chi connectivity index (χ3n) is 7.17. The summed E-state index contributed by atoms with van der Waals surface area (Å²) >= 11 is 6.17. The Balaban J connectivity index is 1.40. The highest BCUT2D eigenvalue weighted by Gasteiger charge is 2.41. The molecule has 3 aromatic carbocycles. The fourth-order valence-corrected chi connectivity index (χ4v) is 5.42. The maximum absolute atomic E-state index is 13.7.